The van der Waals surface area contributed by atoms with Crippen LogP contribution in [0.1, 0.15) is 29.6 Å². The van der Waals surface area contributed by atoms with Gasteiger partial charge in [-0.3, -0.25) is 9.69 Å². The largest absolute Gasteiger partial charge is 0.497 e. The van der Waals surface area contributed by atoms with Crippen LogP contribution >= 0.6 is 0 Å². The molecule has 0 aliphatic carbocycles. The number of urea groups is 1. The number of carbonyl (C=O) groups is 2. The Hall–Kier alpha value is -3.30. The third-order valence-corrected chi connectivity index (χ3v) is 6.33. The molecule has 3 amide bonds. The van der Waals surface area contributed by atoms with Crippen LogP contribution < -0.4 is 25.6 Å². The number of ether oxygens (including phenoxy) is 2. The molecule has 0 aromatic heterocycles. The standard InChI is InChI=1S/C26H35N5O4/c1-34-22-8-5-20(6-9-22)28-26(33)29-21-7-10-24(31-13-2-3-14-31)23(19-21)25(32)27-11-4-12-30-15-17-35-18-16-30/h5-10,19H,2-4,11-18H2,1H3,(H,27,32)(H2,28,29,33). The minimum atomic E-state index is -0.374. The van der Waals surface area contributed by atoms with E-state index in [1.807, 2.05) is 12.1 Å². The first-order valence-electron chi connectivity index (χ1n) is 12.3. The predicted molar refractivity (Wildman–Crippen MR) is 138 cm³/mol. The molecule has 188 valence electrons. The summed E-state index contributed by atoms with van der Waals surface area (Å²) in [5.41, 5.74) is 2.71. The van der Waals surface area contributed by atoms with Gasteiger partial charge in [-0.25, -0.2) is 4.79 Å². The fourth-order valence-electron chi connectivity index (χ4n) is 4.42. The average Bonchev–Trinajstić information content (AvgIpc) is 3.42. The van der Waals surface area contributed by atoms with Gasteiger partial charge < -0.3 is 30.3 Å². The van der Waals surface area contributed by atoms with Gasteiger partial charge in [0.2, 0.25) is 0 Å². The zero-order valence-electron chi connectivity index (χ0n) is 20.3. The Labute approximate surface area is 206 Å². The van der Waals surface area contributed by atoms with Gasteiger partial charge in [0, 0.05) is 49.8 Å². The molecule has 0 atom stereocenters. The minimum Gasteiger partial charge on any atom is -0.497 e. The van der Waals surface area contributed by atoms with E-state index in [0.29, 0.717) is 29.2 Å². The van der Waals surface area contributed by atoms with Crippen molar-refractivity contribution < 1.29 is 19.1 Å². The van der Waals surface area contributed by atoms with Crippen molar-refractivity contribution in [3.8, 4) is 5.75 Å². The van der Waals surface area contributed by atoms with Gasteiger partial charge in [0.25, 0.3) is 5.91 Å². The molecule has 2 aromatic rings. The highest BCUT2D eigenvalue weighted by Crippen LogP contribution is 2.28. The molecule has 2 heterocycles. The lowest BCUT2D eigenvalue weighted by atomic mass is 10.1. The number of nitrogens with zero attached hydrogens (tertiary/aromatic N) is 2. The zero-order chi connectivity index (χ0) is 24.5. The molecular weight excluding hydrogens is 446 g/mol. The lowest BCUT2D eigenvalue weighted by Crippen LogP contribution is -2.38. The van der Waals surface area contributed by atoms with Crippen LogP contribution in [0.4, 0.5) is 21.9 Å². The Bertz CT molecular complexity index is 986. The van der Waals surface area contributed by atoms with Crippen LogP contribution in [0.2, 0.25) is 0 Å². The number of hydrogen-bond donors (Lipinski definition) is 3. The van der Waals surface area contributed by atoms with Gasteiger partial charge in [0.15, 0.2) is 0 Å². The molecule has 0 radical (unpaired) electrons. The number of methoxy groups -OCH3 is 1. The van der Waals surface area contributed by atoms with Crippen molar-refractivity contribution in [3.05, 3.63) is 48.0 Å². The van der Waals surface area contributed by atoms with Crippen molar-refractivity contribution in [3.63, 3.8) is 0 Å². The first-order chi connectivity index (χ1) is 17.1. The summed E-state index contributed by atoms with van der Waals surface area (Å²) in [7, 11) is 1.60. The van der Waals surface area contributed by atoms with Crippen LogP contribution in [0.5, 0.6) is 5.75 Å². The third-order valence-electron chi connectivity index (χ3n) is 6.33. The molecule has 0 unspecified atom stereocenters. The molecule has 2 aliphatic rings. The molecule has 2 fully saturated rings. The number of rotatable bonds is 9. The topological polar surface area (TPSA) is 95.2 Å². The maximum absolute atomic E-state index is 13.2. The van der Waals surface area contributed by atoms with Crippen LogP contribution in [0.25, 0.3) is 0 Å². The summed E-state index contributed by atoms with van der Waals surface area (Å²) >= 11 is 0. The lowest BCUT2D eigenvalue weighted by Gasteiger charge is -2.26. The summed E-state index contributed by atoms with van der Waals surface area (Å²) in [5.74, 6) is 0.599. The Kier molecular flexibility index (Phi) is 8.80. The van der Waals surface area contributed by atoms with E-state index in [1.54, 1.807) is 37.4 Å². The lowest BCUT2D eigenvalue weighted by molar-refractivity contribution is 0.0374. The molecule has 0 saturated carbocycles. The SMILES string of the molecule is COc1ccc(NC(=O)Nc2ccc(N3CCCC3)c(C(=O)NCCCN3CCOCC3)c2)cc1. The normalized spacial score (nSPS) is 16.1. The van der Waals surface area contributed by atoms with E-state index < -0.39 is 0 Å². The van der Waals surface area contributed by atoms with E-state index in [2.05, 4.69) is 25.8 Å². The highest BCUT2D eigenvalue weighted by molar-refractivity contribution is 6.04. The van der Waals surface area contributed by atoms with E-state index in [4.69, 9.17) is 9.47 Å². The van der Waals surface area contributed by atoms with Gasteiger partial charge in [-0.05, 0) is 68.3 Å². The van der Waals surface area contributed by atoms with Gasteiger partial charge in [-0.15, -0.1) is 0 Å². The number of benzene rings is 2. The zero-order valence-corrected chi connectivity index (χ0v) is 20.3. The second kappa shape index (κ2) is 12.4. The van der Waals surface area contributed by atoms with Gasteiger partial charge in [0.05, 0.1) is 25.9 Å². The molecule has 9 heteroatoms. The molecule has 35 heavy (non-hydrogen) atoms. The second-order valence-corrected chi connectivity index (χ2v) is 8.80. The highest BCUT2D eigenvalue weighted by atomic mass is 16.5. The Morgan fingerprint density at radius 2 is 1.63 bits per heavy atom. The summed E-state index contributed by atoms with van der Waals surface area (Å²) in [6.07, 6.45) is 3.11. The number of morpholine rings is 1. The number of anilines is 3. The van der Waals surface area contributed by atoms with Crippen molar-refractivity contribution >= 4 is 29.0 Å². The number of amides is 3. The quantitative estimate of drug-likeness (QED) is 0.476. The molecule has 0 spiro atoms. The van der Waals surface area contributed by atoms with Crippen LogP contribution in [-0.4, -0.2) is 76.4 Å². The summed E-state index contributed by atoms with van der Waals surface area (Å²) in [6, 6.07) is 12.3. The number of nitrogens with one attached hydrogen (secondary N) is 3. The fourth-order valence-corrected chi connectivity index (χ4v) is 4.42. The smallest absolute Gasteiger partial charge is 0.323 e. The third kappa shape index (κ3) is 7.10. The van der Waals surface area contributed by atoms with Gasteiger partial charge >= 0.3 is 6.03 Å². The average molecular weight is 482 g/mol. The van der Waals surface area contributed by atoms with Crippen molar-refractivity contribution in [2.45, 2.75) is 19.3 Å². The Morgan fingerprint density at radius 1 is 0.943 bits per heavy atom. The fraction of sp³-hybridized carbons (Fsp3) is 0.462. The van der Waals surface area contributed by atoms with E-state index in [-0.39, 0.29) is 11.9 Å². The molecule has 2 aromatic carbocycles. The summed E-state index contributed by atoms with van der Waals surface area (Å²) in [6.45, 7) is 6.85. The van der Waals surface area contributed by atoms with Crippen molar-refractivity contribution in [1.82, 2.24) is 10.2 Å². The molecule has 3 N–H and O–H groups in total. The van der Waals surface area contributed by atoms with E-state index in [1.165, 1.54) is 0 Å². The van der Waals surface area contributed by atoms with Gasteiger partial charge in [0.1, 0.15) is 5.75 Å². The molecule has 2 saturated heterocycles. The molecular formula is C26H35N5O4. The summed E-state index contributed by atoms with van der Waals surface area (Å²) in [4.78, 5) is 30.3. The van der Waals surface area contributed by atoms with Crippen LogP contribution in [0, 0.1) is 0 Å². The number of hydrogen-bond acceptors (Lipinski definition) is 6. The second-order valence-electron chi connectivity index (χ2n) is 8.80. The summed E-state index contributed by atoms with van der Waals surface area (Å²) < 4.78 is 10.5. The van der Waals surface area contributed by atoms with Gasteiger partial charge in [-0.2, -0.15) is 0 Å². The predicted octanol–water partition coefficient (Wildman–Crippen LogP) is 3.39. The first-order valence-corrected chi connectivity index (χ1v) is 12.3. The monoisotopic (exact) mass is 481 g/mol. The minimum absolute atomic E-state index is 0.118. The van der Waals surface area contributed by atoms with E-state index in [0.717, 1.165) is 70.9 Å². The van der Waals surface area contributed by atoms with E-state index >= 15 is 0 Å². The summed E-state index contributed by atoms with van der Waals surface area (Å²) in [5, 5.41) is 8.72. The maximum Gasteiger partial charge on any atom is 0.323 e. The van der Waals surface area contributed by atoms with Crippen molar-refractivity contribution in [1.29, 1.82) is 0 Å². The van der Waals surface area contributed by atoms with Crippen LogP contribution in [0.3, 0.4) is 0 Å². The van der Waals surface area contributed by atoms with Crippen LogP contribution in [0.15, 0.2) is 42.5 Å². The molecule has 0 bridgehead atoms. The highest BCUT2D eigenvalue weighted by Gasteiger charge is 2.20. The van der Waals surface area contributed by atoms with E-state index in [9.17, 15) is 9.59 Å². The number of carbonyl (C=O) groups excluding carboxylic acids is 2. The molecule has 4 rings (SSSR count). The van der Waals surface area contributed by atoms with Crippen LogP contribution in [-0.2, 0) is 4.74 Å². The molecule has 2 aliphatic heterocycles. The molecule has 9 nitrogen and oxygen atoms in total. The van der Waals surface area contributed by atoms with Crippen molar-refractivity contribution in [2.75, 3.05) is 75.1 Å². The Balaban J connectivity index is 1.38. The first kappa shape index (κ1) is 24.8. The Morgan fingerprint density at radius 3 is 2.34 bits per heavy atom. The van der Waals surface area contributed by atoms with Gasteiger partial charge in [-0.1, -0.05) is 0 Å². The maximum atomic E-state index is 13.2. The van der Waals surface area contributed by atoms with Crippen molar-refractivity contribution in [2.24, 2.45) is 0 Å².